The Labute approximate surface area is 127 Å². The molecule has 0 aliphatic rings. The number of nitrogens with one attached hydrogen (secondary N) is 1. The van der Waals surface area contributed by atoms with Gasteiger partial charge in [-0.05, 0) is 38.1 Å². The molecule has 1 aromatic heterocycles. The minimum absolute atomic E-state index is 0.0232. The fraction of sp³-hybridized carbons (Fsp3) is 0.250. The maximum atomic E-state index is 12.2. The number of carbonyl (C=O) groups is 1. The van der Waals surface area contributed by atoms with Crippen LogP contribution in [-0.2, 0) is 4.79 Å². The van der Waals surface area contributed by atoms with Gasteiger partial charge in [0, 0.05) is 18.0 Å². The van der Waals surface area contributed by atoms with E-state index in [1.54, 1.807) is 18.2 Å². The van der Waals surface area contributed by atoms with E-state index in [0.29, 0.717) is 16.6 Å². The van der Waals surface area contributed by atoms with E-state index in [1.165, 1.54) is 6.92 Å². The van der Waals surface area contributed by atoms with Gasteiger partial charge in [-0.1, -0.05) is 5.57 Å². The first-order chi connectivity index (χ1) is 10.4. The number of nitrogen functional groups attached to an aromatic ring is 1. The molecule has 2 rings (SSSR count). The molecular weight excluding hydrogens is 284 g/mol. The van der Waals surface area contributed by atoms with E-state index in [1.807, 2.05) is 19.9 Å². The summed E-state index contributed by atoms with van der Waals surface area (Å²) >= 11 is 0. The van der Waals surface area contributed by atoms with E-state index in [9.17, 15) is 9.59 Å². The van der Waals surface area contributed by atoms with Crippen molar-refractivity contribution in [3.63, 3.8) is 0 Å². The summed E-state index contributed by atoms with van der Waals surface area (Å²) < 4.78 is 10.7. The van der Waals surface area contributed by atoms with Crippen LogP contribution in [0.2, 0.25) is 0 Å². The Kier molecular flexibility index (Phi) is 4.50. The van der Waals surface area contributed by atoms with Crippen LogP contribution in [0.3, 0.4) is 0 Å². The number of hydrogen-bond acceptors (Lipinski definition) is 5. The van der Waals surface area contributed by atoms with Crippen molar-refractivity contribution in [1.82, 2.24) is 4.98 Å². The SMILES string of the molecule is CC(=O)Oc1c(OCC=C(C)C)c(=O)[nH]c2cc(N)ccc12. The van der Waals surface area contributed by atoms with Gasteiger partial charge in [-0.15, -0.1) is 0 Å². The highest BCUT2D eigenvalue weighted by atomic mass is 16.6. The second-order valence-electron chi connectivity index (χ2n) is 5.10. The number of hydrogen-bond donors (Lipinski definition) is 2. The van der Waals surface area contributed by atoms with Crippen LogP contribution in [0.4, 0.5) is 5.69 Å². The largest absolute Gasteiger partial charge is 0.481 e. The first-order valence-corrected chi connectivity index (χ1v) is 6.78. The Balaban J connectivity index is 2.59. The van der Waals surface area contributed by atoms with Crippen LogP contribution in [-0.4, -0.2) is 17.6 Å². The highest BCUT2D eigenvalue weighted by Gasteiger charge is 2.17. The number of pyridine rings is 1. The van der Waals surface area contributed by atoms with E-state index in [2.05, 4.69) is 4.98 Å². The predicted octanol–water partition coefficient (Wildman–Crippen LogP) is 2.38. The van der Waals surface area contributed by atoms with E-state index >= 15 is 0 Å². The molecule has 0 saturated carbocycles. The monoisotopic (exact) mass is 302 g/mol. The number of H-pyrrole nitrogens is 1. The molecule has 6 heteroatoms. The standard InChI is InChI=1S/C16H18N2O4/c1-9(2)6-7-21-15-14(22-10(3)19)12-5-4-11(17)8-13(12)18-16(15)20/h4-6,8H,7,17H2,1-3H3,(H,18,20). The van der Waals surface area contributed by atoms with Crippen LogP contribution in [0.5, 0.6) is 11.5 Å². The van der Waals surface area contributed by atoms with Crippen molar-refractivity contribution < 1.29 is 14.3 Å². The third-order valence-electron chi connectivity index (χ3n) is 2.91. The average Bonchev–Trinajstić information content (AvgIpc) is 2.40. The number of benzene rings is 1. The predicted molar refractivity (Wildman–Crippen MR) is 85.2 cm³/mol. The van der Waals surface area contributed by atoms with Crippen molar-refractivity contribution in [2.24, 2.45) is 0 Å². The summed E-state index contributed by atoms with van der Waals surface area (Å²) in [4.78, 5) is 26.2. The molecule has 2 aromatic rings. The minimum Gasteiger partial charge on any atom is -0.481 e. The summed E-state index contributed by atoms with van der Waals surface area (Å²) in [6.45, 7) is 5.32. The zero-order valence-electron chi connectivity index (χ0n) is 12.7. The summed E-state index contributed by atoms with van der Waals surface area (Å²) in [7, 11) is 0. The Morgan fingerprint density at radius 2 is 2.00 bits per heavy atom. The Morgan fingerprint density at radius 1 is 1.27 bits per heavy atom. The molecule has 0 atom stereocenters. The lowest BCUT2D eigenvalue weighted by molar-refractivity contribution is -0.131. The lowest BCUT2D eigenvalue weighted by atomic mass is 10.2. The van der Waals surface area contributed by atoms with Crippen LogP contribution < -0.4 is 20.8 Å². The number of nitrogens with two attached hydrogens (primary N) is 1. The molecule has 1 heterocycles. The molecule has 3 N–H and O–H groups in total. The molecule has 6 nitrogen and oxygen atoms in total. The number of carbonyl (C=O) groups excluding carboxylic acids is 1. The van der Waals surface area contributed by atoms with Crippen molar-refractivity contribution in [3.05, 3.63) is 40.2 Å². The van der Waals surface area contributed by atoms with Gasteiger partial charge in [0.15, 0.2) is 5.75 Å². The van der Waals surface area contributed by atoms with Crippen molar-refractivity contribution >= 4 is 22.6 Å². The summed E-state index contributed by atoms with van der Waals surface area (Å²) in [6.07, 6.45) is 1.82. The zero-order valence-corrected chi connectivity index (χ0v) is 12.7. The van der Waals surface area contributed by atoms with Crippen LogP contribution >= 0.6 is 0 Å². The van der Waals surface area contributed by atoms with E-state index in [0.717, 1.165) is 5.57 Å². The fourth-order valence-corrected chi connectivity index (χ4v) is 1.94. The van der Waals surface area contributed by atoms with Gasteiger partial charge in [-0.3, -0.25) is 9.59 Å². The van der Waals surface area contributed by atoms with Gasteiger partial charge in [0.2, 0.25) is 5.75 Å². The lowest BCUT2D eigenvalue weighted by Crippen LogP contribution is -2.15. The van der Waals surface area contributed by atoms with E-state index < -0.39 is 11.5 Å². The maximum Gasteiger partial charge on any atom is 0.308 e. The second kappa shape index (κ2) is 6.34. The number of fused-ring (bicyclic) bond motifs is 1. The van der Waals surface area contributed by atoms with E-state index in [4.69, 9.17) is 15.2 Å². The highest BCUT2D eigenvalue weighted by Crippen LogP contribution is 2.32. The fourth-order valence-electron chi connectivity index (χ4n) is 1.94. The number of esters is 1. The quantitative estimate of drug-likeness (QED) is 0.513. The summed E-state index contributed by atoms with van der Waals surface area (Å²) in [5.41, 5.74) is 7.26. The van der Waals surface area contributed by atoms with Gasteiger partial charge < -0.3 is 20.2 Å². The number of rotatable bonds is 4. The summed E-state index contributed by atoms with van der Waals surface area (Å²) in [6, 6.07) is 4.93. The third kappa shape index (κ3) is 3.46. The van der Waals surface area contributed by atoms with Crippen molar-refractivity contribution in [2.45, 2.75) is 20.8 Å². The first kappa shape index (κ1) is 15.6. The molecule has 22 heavy (non-hydrogen) atoms. The Morgan fingerprint density at radius 3 is 2.64 bits per heavy atom. The van der Waals surface area contributed by atoms with Gasteiger partial charge in [0.25, 0.3) is 5.56 Å². The Bertz CT molecular complexity index is 802. The van der Waals surface area contributed by atoms with Gasteiger partial charge in [-0.2, -0.15) is 0 Å². The van der Waals surface area contributed by atoms with Crippen LogP contribution in [0.1, 0.15) is 20.8 Å². The van der Waals surface area contributed by atoms with E-state index in [-0.39, 0.29) is 18.1 Å². The van der Waals surface area contributed by atoms with Gasteiger partial charge in [0.1, 0.15) is 6.61 Å². The van der Waals surface area contributed by atoms with Crippen LogP contribution in [0.25, 0.3) is 10.9 Å². The zero-order chi connectivity index (χ0) is 16.3. The Hall–Kier alpha value is -2.76. The molecule has 0 aliphatic heterocycles. The average molecular weight is 302 g/mol. The van der Waals surface area contributed by atoms with Crippen molar-refractivity contribution in [2.75, 3.05) is 12.3 Å². The molecule has 1 aromatic carbocycles. The molecule has 0 aliphatic carbocycles. The van der Waals surface area contributed by atoms with Gasteiger partial charge in [-0.25, -0.2) is 0 Å². The maximum absolute atomic E-state index is 12.2. The van der Waals surface area contributed by atoms with Crippen LogP contribution in [0.15, 0.2) is 34.6 Å². The van der Waals surface area contributed by atoms with Gasteiger partial charge >= 0.3 is 5.97 Å². The third-order valence-corrected chi connectivity index (χ3v) is 2.91. The molecular formula is C16H18N2O4. The molecule has 0 amide bonds. The topological polar surface area (TPSA) is 94.4 Å². The lowest BCUT2D eigenvalue weighted by Gasteiger charge is -2.12. The highest BCUT2D eigenvalue weighted by molar-refractivity contribution is 5.91. The minimum atomic E-state index is -0.532. The van der Waals surface area contributed by atoms with Crippen molar-refractivity contribution in [1.29, 1.82) is 0 Å². The van der Waals surface area contributed by atoms with Crippen LogP contribution in [0, 0.1) is 0 Å². The van der Waals surface area contributed by atoms with Crippen molar-refractivity contribution in [3.8, 4) is 11.5 Å². The number of aromatic amines is 1. The molecule has 116 valence electrons. The molecule has 0 spiro atoms. The second-order valence-corrected chi connectivity index (χ2v) is 5.10. The molecule has 0 unspecified atom stereocenters. The summed E-state index contributed by atoms with van der Waals surface area (Å²) in [5, 5.41) is 0.552. The normalized spacial score (nSPS) is 10.3. The number of aromatic nitrogens is 1. The molecule has 0 radical (unpaired) electrons. The van der Waals surface area contributed by atoms with Gasteiger partial charge in [0.05, 0.1) is 5.52 Å². The number of allylic oxidation sites excluding steroid dienone is 1. The molecule has 0 bridgehead atoms. The number of ether oxygens (including phenoxy) is 2. The molecule has 0 saturated heterocycles. The molecule has 0 fully saturated rings. The summed E-state index contributed by atoms with van der Waals surface area (Å²) in [5.74, 6) is -0.450. The first-order valence-electron chi connectivity index (χ1n) is 6.78. The smallest absolute Gasteiger partial charge is 0.308 e. The number of anilines is 1.